The number of rotatable bonds is 5. The number of aromatic nitrogens is 1. The molecular formula is C23H31N3O2. The summed E-state index contributed by atoms with van der Waals surface area (Å²) < 4.78 is 2.15. The molecule has 5 heteroatoms. The Balaban J connectivity index is 0.00000240. The molecule has 1 aromatic heterocycles. The molecule has 0 fully saturated rings. The fourth-order valence-electron chi connectivity index (χ4n) is 5.21. The van der Waals surface area contributed by atoms with Crippen molar-refractivity contribution in [1.82, 2.24) is 14.8 Å². The second-order valence-electron chi connectivity index (χ2n) is 8.22. The average Bonchev–Trinajstić information content (AvgIpc) is 3.05. The molecule has 1 amide bonds. The summed E-state index contributed by atoms with van der Waals surface area (Å²) in [4.78, 5) is 26.8. The zero-order valence-electron chi connectivity index (χ0n) is 17.2. The van der Waals surface area contributed by atoms with Crippen molar-refractivity contribution in [1.29, 1.82) is 0 Å². The minimum Gasteiger partial charge on any atom is -0.342 e. The van der Waals surface area contributed by atoms with Crippen molar-refractivity contribution < 1.29 is 11.0 Å². The predicted octanol–water partition coefficient (Wildman–Crippen LogP) is 3.78. The summed E-state index contributed by atoms with van der Waals surface area (Å²) >= 11 is 0. The topological polar surface area (TPSA) is 54.3 Å². The standard InChI is InChI=1S/C23H29N3O2.H2/c1-5-23(6-2)13-19(22(28)24-15(3)14-27)26-18-10-8-7-9-16(18)17-11-12-25(4)21(23)20(17)26;/h7-10,13-15,21H,5-6,11-12H2,1-4H3,(H,24,28);1H/t15-,21+;/m0./s1. The number of aldehydes is 1. The summed E-state index contributed by atoms with van der Waals surface area (Å²) in [5.41, 5.74) is 4.25. The SMILES string of the molecule is CCC1(CC)C=C(C(=O)N[C@@H](C)C=O)n2c3c(c4ccccc42)CCN(C)[C@H]31.[HH]. The van der Waals surface area contributed by atoms with Crippen LogP contribution in [0.2, 0.25) is 0 Å². The van der Waals surface area contributed by atoms with Crippen LogP contribution in [0.15, 0.2) is 30.3 Å². The maximum absolute atomic E-state index is 13.2. The summed E-state index contributed by atoms with van der Waals surface area (Å²) in [5.74, 6) is -0.180. The second-order valence-corrected chi connectivity index (χ2v) is 8.22. The Kier molecular flexibility index (Phi) is 4.66. The van der Waals surface area contributed by atoms with E-state index in [2.05, 4.69) is 60.0 Å². The van der Waals surface area contributed by atoms with Gasteiger partial charge in [-0.1, -0.05) is 32.0 Å². The number of benzene rings is 1. The molecule has 2 aliphatic rings. The molecule has 0 saturated carbocycles. The molecule has 0 saturated heterocycles. The van der Waals surface area contributed by atoms with Crippen molar-refractivity contribution in [2.45, 2.75) is 52.1 Å². The normalized spacial score (nSPS) is 21.7. The van der Waals surface area contributed by atoms with Gasteiger partial charge in [-0.3, -0.25) is 9.69 Å². The number of para-hydroxylation sites is 1. The molecule has 28 heavy (non-hydrogen) atoms. The van der Waals surface area contributed by atoms with Gasteiger partial charge >= 0.3 is 0 Å². The van der Waals surface area contributed by atoms with E-state index in [1.54, 1.807) is 6.92 Å². The maximum Gasteiger partial charge on any atom is 0.268 e. The van der Waals surface area contributed by atoms with Crippen molar-refractivity contribution in [3.63, 3.8) is 0 Å². The smallest absolute Gasteiger partial charge is 0.268 e. The Hall–Kier alpha value is -2.40. The molecule has 0 spiro atoms. The Morgan fingerprint density at radius 2 is 2.07 bits per heavy atom. The third-order valence-corrected chi connectivity index (χ3v) is 6.76. The summed E-state index contributed by atoms with van der Waals surface area (Å²) in [6.07, 6.45) is 5.85. The molecule has 4 rings (SSSR count). The minimum atomic E-state index is -0.510. The van der Waals surface area contributed by atoms with Crippen LogP contribution in [0.5, 0.6) is 0 Å². The highest BCUT2D eigenvalue weighted by atomic mass is 16.2. The molecule has 2 aliphatic heterocycles. The van der Waals surface area contributed by atoms with Crippen molar-refractivity contribution in [3.8, 4) is 0 Å². The molecule has 1 N–H and O–H groups in total. The fraction of sp³-hybridized carbons (Fsp3) is 0.478. The molecule has 2 aromatic rings. The van der Waals surface area contributed by atoms with E-state index >= 15 is 0 Å². The van der Waals surface area contributed by atoms with Crippen LogP contribution in [0.3, 0.4) is 0 Å². The summed E-state index contributed by atoms with van der Waals surface area (Å²) in [5, 5.41) is 4.09. The van der Waals surface area contributed by atoms with E-state index in [0.717, 1.165) is 37.6 Å². The molecule has 1 aromatic carbocycles. The van der Waals surface area contributed by atoms with Gasteiger partial charge in [-0.15, -0.1) is 0 Å². The van der Waals surface area contributed by atoms with Gasteiger partial charge in [0.1, 0.15) is 12.0 Å². The lowest BCUT2D eigenvalue weighted by Crippen LogP contribution is -2.47. The highest BCUT2D eigenvalue weighted by molar-refractivity contribution is 6.17. The predicted molar refractivity (Wildman–Crippen MR) is 114 cm³/mol. The van der Waals surface area contributed by atoms with Crippen molar-refractivity contribution in [2.75, 3.05) is 13.6 Å². The number of likely N-dealkylation sites (N-methyl/N-ethyl adjacent to an activating group) is 1. The summed E-state index contributed by atoms with van der Waals surface area (Å²) in [6, 6.07) is 8.11. The Morgan fingerprint density at radius 1 is 1.36 bits per heavy atom. The molecule has 2 atom stereocenters. The van der Waals surface area contributed by atoms with Gasteiger partial charge in [0.25, 0.3) is 5.91 Å². The third-order valence-electron chi connectivity index (χ3n) is 6.76. The van der Waals surface area contributed by atoms with Gasteiger partial charge in [0.2, 0.25) is 0 Å². The van der Waals surface area contributed by atoms with Gasteiger partial charge in [-0.05, 0) is 50.9 Å². The van der Waals surface area contributed by atoms with E-state index < -0.39 is 6.04 Å². The van der Waals surface area contributed by atoms with E-state index in [1.807, 2.05) is 6.07 Å². The lowest BCUT2D eigenvalue weighted by molar-refractivity contribution is -0.119. The minimum absolute atomic E-state index is 0. The van der Waals surface area contributed by atoms with Crippen molar-refractivity contribution >= 4 is 28.8 Å². The summed E-state index contributed by atoms with van der Waals surface area (Å²) in [7, 11) is 2.20. The first kappa shape index (κ1) is 18.9. The van der Waals surface area contributed by atoms with E-state index in [0.29, 0.717) is 5.70 Å². The number of carbonyl (C=O) groups is 2. The van der Waals surface area contributed by atoms with E-state index in [4.69, 9.17) is 0 Å². The number of hydrogen-bond donors (Lipinski definition) is 1. The van der Waals surface area contributed by atoms with Crippen LogP contribution >= 0.6 is 0 Å². The Labute approximate surface area is 167 Å². The zero-order chi connectivity index (χ0) is 20.1. The van der Waals surface area contributed by atoms with Crippen LogP contribution < -0.4 is 5.32 Å². The Bertz CT molecular complexity index is 974. The number of nitrogens with zero attached hydrogens (tertiary/aromatic N) is 2. The number of hydrogen-bond acceptors (Lipinski definition) is 3. The first-order valence-electron chi connectivity index (χ1n) is 10.3. The second kappa shape index (κ2) is 6.89. The summed E-state index contributed by atoms with van der Waals surface area (Å²) in [6.45, 7) is 7.15. The first-order chi connectivity index (χ1) is 13.5. The highest BCUT2D eigenvalue weighted by Gasteiger charge is 2.47. The van der Waals surface area contributed by atoms with E-state index in [-0.39, 0.29) is 18.8 Å². The van der Waals surface area contributed by atoms with Gasteiger partial charge in [0, 0.05) is 24.5 Å². The highest BCUT2D eigenvalue weighted by Crippen LogP contribution is 2.54. The van der Waals surface area contributed by atoms with Gasteiger partial charge in [0.15, 0.2) is 0 Å². The van der Waals surface area contributed by atoms with Crippen LogP contribution in [0.25, 0.3) is 16.6 Å². The lowest BCUT2D eigenvalue weighted by Gasteiger charge is -2.48. The first-order valence-corrected chi connectivity index (χ1v) is 10.3. The number of nitrogens with one attached hydrogen (secondary N) is 1. The maximum atomic E-state index is 13.2. The molecule has 0 radical (unpaired) electrons. The van der Waals surface area contributed by atoms with Gasteiger partial charge < -0.3 is 14.7 Å². The zero-order valence-corrected chi connectivity index (χ0v) is 17.2. The molecule has 150 valence electrons. The largest absolute Gasteiger partial charge is 0.342 e. The molecule has 5 nitrogen and oxygen atoms in total. The van der Waals surface area contributed by atoms with Gasteiger partial charge in [-0.2, -0.15) is 0 Å². The monoisotopic (exact) mass is 381 g/mol. The lowest BCUT2D eigenvalue weighted by atomic mass is 9.69. The molecule has 0 aliphatic carbocycles. The number of fused-ring (bicyclic) bond motifs is 3. The van der Waals surface area contributed by atoms with Crippen LogP contribution in [-0.2, 0) is 16.0 Å². The van der Waals surface area contributed by atoms with Crippen LogP contribution in [0, 0.1) is 5.41 Å². The van der Waals surface area contributed by atoms with Crippen LogP contribution in [0.1, 0.15) is 52.3 Å². The van der Waals surface area contributed by atoms with Crippen molar-refractivity contribution in [2.24, 2.45) is 5.41 Å². The van der Waals surface area contributed by atoms with Crippen molar-refractivity contribution in [3.05, 3.63) is 41.6 Å². The quantitative estimate of drug-likeness (QED) is 0.802. The van der Waals surface area contributed by atoms with Gasteiger partial charge in [0.05, 0.1) is 17.6 Å². The number of carbonyl (C=O) groups excluding carboxylic acids is 2. The molecule has 0 unspecified atom stereocenters. The average molecular weight is 382 g/mol. The van der Waals surface area contributed by atoms with E-state index in [1.165, 1.54) is 16.6 Å². The van der Waals surface area contributed by atoms with Gasteiger partial charge in [-0.25, -0.2) is 0 Å². The van der Waals surface area contributed by atoms with E-state index in [9.17, 15) is 9.59 Å². The molecule has 0 bridgehead atoms. The van der Waals surface area contributed by atoms with Crippen LogP contribution in [-0.4, -0.2) is 41.3 Å². The molecule has 3 heterocycles. The molecular weight excluding hydrogens is 350 g/mol. The number of amides is 1. The Morgan fingerprint density at radius 3 is 2.75 bits per heavy atom. The fourth-order valence-corrected chi connectivity index (χ4v) is 5.21. The third kappa shape index (κ3) is 2.56. The van der Waals surface area contributed by atoms with Crippen LogP contribution in [0.4, 0.5) is 0 Å².